The van der Waals surface area contributed by atoms with Gasteiger partial charge in [-0.25, -0.2) is 5.10 Å². The average Bonchev–Trinajstić information content (AvgIpc) is 2.30. The number of carbonyl (C=O) groups is 1. The topological polar surface area (TPSA) is 84.1 Å². The molecule has 0 bridgehead atoms. The van der Waals surface area contributed by atoms with E-state index in [-0.39, 0.29) is 23.2 Å². The van der Waals surface area contributed by atoms with Crippen LogP contribution in [0.15, 0.2) is 16.9 Å². The maximum absolute atomic E-state index is 11.7. The van der Waals surface area contributed by atoms with E-state index in [1.165, 1.54) is 12.1 Å². The lowest BCUT2D eigenvalue weighted by atomic mass is 10.2. The summed E-state index contributed by atoms with van der Waals surface area (Å²) in [5, 5.41) is 8.54. The van der Waals surface area contributed by atoms with Crippen LogP contribution in [0.5, 0.6) is 0 Å². The first-order valence-corrected chi connectivity index (χ1v) is 5.62. The molecule has 1 aromatic heterocycles. The molecule has 0 saturated heterocycles. The molecule has 0 spiro atoms. The first-order chi connectivity index (χ1) is 8.17. The zero-order valence-corrected chi connectivity index (χ0v) is 10.2. The molecular formula is C10H14ClN3O3. The van der Waals surface area contributed by atoms with Crippen molar-refractivity contribution in [1.82, 2.24) is 15.5 Å². The number of alkyl halides is 1. The lowest BCUT2D eigenvalue weighted by molar-refractivity contribution is 0.0889. The minimum absolute atomic E-state index is 0.153. The van der Waals surface area contributed by atoms with Crippen molar-refractivity contribution in [2.75, 3.05) is 19.6 Å². The lowest BCUT2D eigenvalue weighted by Gasteiger charge is -2.16. The number of methoxy groups -OCH3 is 1. The molecule has 0 aromatic carbocycles. The van der Waals surface area contributed by atoms with Crippen molar-refractivity contribution in [2.45, 2.75) is 12.5 Å². The van der Waals surface area contributed by atoms with Crippen molar-refractivity contribution in [1.29, 1.82) is 0 Å². The SMILES string of the molecule is COCC(CCCl)NC(=O)c1ccc(=O)[nH]n1. The van der Waals surface area contributed by atoms with Gasteiger partial charge in [-0.3, -0.25) is 9.59 Å². The van der Waals surface area contributed by atoms with Gasteiger partial charge >= 0.3 is 0 Å². The average molecular weight is 260 g/mol. The number of hydrogen-bond acceptors (Lipinski definition) is 4. The number of rotatable bonds is 6. The zero-order valence-electron chi connectivity index (χ0n) is 9.40. The van der Waals surface area contributed by atoms with Crippen LogP contribution in [-0.2, 0) is 4.74 Å². The van der Waals surface area contributed by atoms with Gasteiger partial charge < -0.3 is 10.1 Å². The van der Waals surface area contributed by atoms with E-state index in [4.69, 9.17) is 16.3 Å². The Morgan fingerprint density at radius 1 is 1.65 bits per heavy atom. The molecule has 1 amide bonds. The first kappa shape index (κ1) is 13.7. The van der Waals surface area contributed by atoms with Crippen LogP contribution >= 0.6 is 11.6 Å². The van der Waals surface area contributed by atoms with Gasteiger partial charge in [0, 0.05) is 19.1 Å². The molecule has 6 nitrogen and oxygen atoms in total. The number of carbonyl (C=O) groups excluding carboxylic acids is 1. The summed E-state index contributed by atoms with van der Waals surface area (Å²) in [5.74, 6) is 0.0568. The number of nitrogens with zero attached hydrogens (tertiary/aromatic N) is 1. The molecule has 17 heavy (non-hydrogen) atoms. The molecular weight excluding hydrogens is 246 g/mol. The van der Waals surface area contributed by atoms with Gasteiger partial charge in [0.25, 0.3) is 11.5 Å². The predicted octanol–water partition coefficient (Wildman–Crippen LogP) is 0.144. The van der Waals surface area contributed by atoms with Crippen LogP contribution in [0.2, 0.25) is 0 Å². The van der Waals surface area contributed by atoms with Gasteiger partial charge in [-0.1, -0.05) is 0 Å². The molecule has 7 heteroatoms. The van der Waals surface area contributed by atoms with Crippen molar-refractivity contribution < 1.29 is 9.53 Å². The highest BCUT2D eigenvalue weighted by atomic mass is 35.5. The second-order valence-corrected chi connectivity index (χ2v) is 3.79. The largest absolute Gasteiger partial charge is 0.383 e. The molecule has 1 unspecified atom stereocenters. The predicted molar refractivity (Wildman–Crippen MR) is 63.3 cm³/mol. The van der Waals surface area contributed by atoms with Crippen molar-refractivity contribution >= 4 is 17.5 Å². The van der Waals surface area contributed by atoms with Gasteiger partial charge in [0.05, 0.1) is 12.6 Å². The Bertz CT molecular complexity index is 395. The highest BCUT2D eigenvalue weighted by Gasteiger charge is 2.14. The van der Waals surface area contributed by atoms with E-state index < -0.39 is 0 Å². The molecule has 0 aliphatic carbocycles. The summed E-state index contributed by atoms with van der Waals surface area (Å²) in [7, 11) is 1.55. The van der Waals surface area contributed by atoms with Crippen molar-refractivity contribution in [3.05, 3.63) is 28.2 Å². The zero-order chi connectivity index (χ0) is 12.7. The van der Waals surface area contributed by atoms with Crippen LogP contribution in [-0.4, -0.2) is 41.7 Å². The van der Waals surface area contributed by atoms with E-state index in [0.717, 1.165) is 0 Å². The molecule has 0 radical (unpaired) electrons. The monoisotopic (exact) mass is 259 g/mol. The summed E-state index contributed by atoms with van der Waals surface area (Å²) in [4.78, 5) is 22.5. The summed E-state index contributed by atoms with van der Waals surface area (Å²) in [6.07, 6.45) is 0.602. The van der Waals surface area contributed by atoms with Gasteiger partial charge in [0.2, 0.25) is 0 Å². The lowest BCUT2D eigenvalue weighted by Crippen LogP contribution is -2.39. The van der Waals surface area contributed by atoms with Crippen molar-refractivity contribution in [2.24, 2.45) is 0 Å². The quantitative estimate of drug-likeness (QED) is 0.712. The molecule has 0 aliphatic rings. The van der Waals surface area contributed by atoms with Gasteiger partial charge in [-0.15, -0.1) is 11.6 Å². The van der Waals surface area contributed by atoms with E-state index in [9.17, 15) is 9.59 Å². The number of nitrogens with one attached hydrogen (secondary N) is 2. The van der Waals surface area contributed by atoms with Gasteiger partial charge in [0.15, 0.2) is 0 Å². The number of ether oxygens (including phenoxy) is 1. The van der Waals surface area contributed by atoms with Crippen LogP contribution in [0.4, 0.5) is 0 Å². The smallest absolute Gasteiger partial charge is 0.272 e. The third-order valence-electron chi connectivity index (χ3n) is 2.07. The van der Waals surface area contributed by atoms with Gasteiger partial charge in [-0.05, 0) is 12.5 Å². The molecule has 1 heterocycles. The van der Waals surface area contributed by atoms with Crippen LogP contribution in [0, 0.1) is 0 Å². The fraction of sp³-hybridized carbons (Fsp3) is 0.500. The third-order valence-corrected chi connectivity index (χ3v) is 2.29. The molecule has 0 aliphatic heterocycles. The van der Waals surface area contributed by atoms with Crippen LogP contribution in [0.25, 0.3) is 0 Å². The number of H-pyrrole nitrogens is 1. The Hall–Kier alpha value is -1.40. The fourth-order valence-corrected chi connectivity index (χ4v) is 1.52. The Morgan fingerprint density at radius 2 is 2.41 bits per heavy atom. The standard InChI is InChI=1S/C10H14ClN3O3/c1-17-6-7(4-5-11)12-10(16)8-2-3-9(15)14-13-8/h2-3,7H,4-6H2,1H3,(H,12,16)(H,14,15). The molecule has 0 fully saturated rings. The number of halogens is 1. The van der Waals surface area contributed by atoms with Gasteiger partial charge in [-0.2, -0.15) is 5.10 Å². The van der Waals surface area contributed by atoms with Crippen molar-refractivity contribution in [3.63, 3.8) is 0 Å². The molecule has 0 saturated carbocycles. The van der Waals surface area contributed by atoms with E-state index in [2.05, 4.69) is 15.5 Å². The second-order valence-electron chi connectivity index (χ2n) is 3.41. The first-order valence-electron chi connectivity index (χ1n) is 5.09. The van der Waals surface area contributed by atoms with E-state index in [1.807, 2.05) is 0 Å². The van der Waals surface area contributed by atoms with Gasteiger partial charge in [0.1, 0.15) is 5.69 Å². The molecule has 1 aromatic rings. The Balaban J connectivity index is 2.63. The summed E-state index contributed by atoms with van der Waals surface area (Å²) in [6, 6.07) is 2.44. The highest BCUT2D eigenvalue weighted by molar-refractivity contribution is 6.17. The van der Waals surface area contributed by atoms with E-state index in [1.54, 1.807) is 7.11 Å². The summed E-state index contributed by atoms with van der Waals surface area (Å²) in [5.41, 5.74) is -0.198. The maximum Gasteiger partial charge on any atom is 0.272 e. The molecule has 1 atom stereocenters. The Morgan fingerprint density at radius 3 is 2.94 bits per heavy atom. The highest BCUT2D eigenvalue weighted by Crippen LogP contribution is 1.98. The summed E-state index contributed by atoms with van der Waals surface area (Å²) < 4.78 is 4.96. The molecule has 1 rings (SSSR count). The minimum Gasteiger partial charge on any atom is -0.383 e. The third kappa shape index (κ3) is 4.54. The number of amides is 1. The molecule has 2 N–H and O–H groups in total. The Kier molecular flexibility index (Phi) is 5.65. The minimum atomic E-state index is -0.367. The summed E-state index contributed by atoms with van der Waals surface area (Å²) in [6.45, 7) is 0.377. The number of hydrogen-bond donors (Lipinski definition) is 2. The number of aromatic amines is 1. The fourth-order valence-electron chi connectivity index (χ4n) is 1.26. The normalized spacial score (nSPS) is 12.1. The number of aromatic nitrogens is 2. The molecule has 94 valence electrons. The van der Waals surface area contributed by atoms with Crippen LogP contribution in [0.1, 0.15) is 16.9 Å². The second kappa shape index (κ2) is 7.03. The van der Waals surface area contributed by atoms with Crippen LogP contribution < -0.4 is 10.9 Å². The van der Waals surface area contributed by atoms with Crippen molar-refractivity contribution in [3.8, 4) is 0 Å². The summed E-state index contributed by atoms with van der Waals surface area (Å²) >= 11 is 5.61. The maximum atomic E-state index is 11.7. The Labute approximate surface area is 103 Å². The van der Waals surface area contributed by atoms with E-state index in [0.29, 0.717) is 18.9 Å². The van der Waals surface area contributed by atoms with Crippen LogP contribution in [0.3, 0.4) is 0 Å². The van der Waals surface area contributed by atoms with E-state index >= 15 is 0 Å².